The molecule has 0 aromatic heterocycles. The molecule has 1 aliphatic rings. The molecule has 0 saturated carbocycles. The molecular formula is C22H26N2O5. The van der Waals surface area contributed by atoms with Gasteiger partial charge in [-0.25, -0.2) is 4.79 Å². The molecule has 2 N–H and O–H groups in total. The number of hydrogen-bond acceptors (Lipinski definition) is 5. The average molecular weight is 398 g/mol. The number of nitrogens with zero attached hydrogens (tertiary/aromatic N) is 1. The number of rotatable bonds is 7. The minimum atomic E-state index is -1.22. The third kappa shape index (κ3) is 4.19. The number of imide groups is 1. The van der Waals surface area contributed by atoms with Gasteiger partial charge >= 0.3 is 6.03 Å². The maximum atomic E-state index is 13.0. The van der Waals surface area contributed by atoms with Crippen molar-refractivity contribution in [3.05, 3.63) is 59.2 Å². The largest absolute Gasteiger partial charge is 0.497 e. The second kappa shape index (κ2) is 8.13. The van der Waals surface area contributed by atoms with E-state index in [1.54, 1.807) is 31.2 Å². The molecule has 0 bridgehead atoms. The predicted molar refractivity (Wildman–Crippen MR) is 108 cm³/mol. The van der Waals surface area contributed by atoms with Crippen LogP contribution in [0.25, 0.3) is 0 Å². The van der Waals surface area contributed by atoms with Gasteiger partial charge in [0.25, 0.3) is 5.91 Å². The summed E-state index contributed by atoms with van der Waals surface area (Å²) in [6.07, 6.45) is -1.02. The van der Waals surface area contributed by atoms with Crippen molar-refractivity contribution in [1.82, 2.24) is 10.2 Å². The van der Waals surface area contributed by atoms with Gasteiger partial charge in [-0.05, 0) is 50.1 Å². The maximum absolute atomic E-state index is 13.0. The van der Waals surface area contributed by atoms with Crippen LogP contribution in [0.4, 0.5) is 4.79 Å². The Morgan fingerprint density at radius 1 is 1.17 bits per heavy atom. The Hall–Kier alpha value is -3.06. The highest BCUT2D eigenvalue weighted by atomic mass is 16.5. The van der Waals surface area contributed by atoms with Gasteiger partial charge in [-0.2, -0.15) is 0 Å². The number of ether oxygens (including phenoxy) is 2. The topological polar surface area (TPSA) is 88.1 Å². The van der Waals surface area contributed by atoms with Gasteiger partial charge < -0.3 is 19.9 Å². The summed E-state index contributed by atoms with van der Waals surface area (Å²) in [6, 6.07) is 12.2. The number of aliphatic hydroxyl groups is 1. The van der Waals surface area contributed by atoms with E-state index in [9.17, 15) is 14.7 Å². The van der Waals surface area contributed by atoms with Gasteiger partial charge in [0.05, 0.1) is 13.7 Å². The van der Waals surface area contributed by atoms with Gasteiger partial charge in [0.2, 0.25) is 0 Å². The van der Waals surface area contributed by atoms with Gasteiger partial charge in [0.15, 0.2) is 0 Å². The number of amides is 3. The van der Waals surface area contributed by atoms with Crippen molar-refractivity contribution in [2.75, 3.05) is 20.3 Å². The van der Waals surface area contributed by atoms with E-state index in [0.29, 0.717) is 17.1 Å². The molecule has 2 atom stereocenters. The lowest BCUT2D eigenvalue weighted by molar-refractivity contribution is -0.132. The van der Waals surface area contributed by atoms with Gasteiger partial charge in [-0.3, -0.25) is 9.69 Å². The minimum absolute atomic E-state index is 0.0309. The molecule has 0 radical (unpaired) electrons. The summed E-state index contributed by atoms with van der Waals surface area (Å²) in [5, 5.41) is 13.1. The zero-order valence-corrected chi connectivity index (χ0v) is 17.1. The molecule has 0 unspecified atom stereocenters. The van der Waals surface area contributed by atoms with E-state index >= 15 is 0 Å². The zero-order valence-electron chi connectivity index (χ0n) is 17.1. The summed E-state index contributed by atoms with van der Waals surface area (Å²) >= 11 is 0. The first-order chi connectivity index (χ1) is 13.7. The molecule has 0 spiro atoms. The minimum Gasteiger partial charge on any atom is -0.497 e. The molecule has 29 heavy (non-hydrogen) atoms. The van der Waals surface area contributed by atoms with Crippen LogP contribution in [0.1, 0.15) is 23.6 Å². The summed E-state index contributed by atoms with van der Waals surface area (Å²) in [7, 11) is 1.54. The number of β-amino-alcohol motifs (C(OH)–C–C–N with tert-alkyl or cyclic N) is 1. The first kappa shape index (κ1) is 20.7. The summed E-state index contributed by atoms with van der Waals surface area (Å²) in [4.78, 5) is 26.5. The molecule has 2 aromatic carbocycles. The van der Waals surface area contributed by atoms with Crippen LogP contribution in [-0.2, 0) is 10.3 Å². The number of benzene rings is 2. The Morgan fingerprint density at radius 2 is 1.93 bits per heavy atom. The highest BCUT2D eigenvalue weighted by Crippen LogP contribution is 2.31. The molecule has 7 heteroatoms. The van der Waals surface area contributed by atoms with Gasteiger partial charge in [-0.15, -0.1) is 0 Å². The summed E-state index contributed by atoms with van der Waals surface area (Å²) < 4.78 is 10.9. The van der Waals surface area contributed by atoms with Crippen LogP contribution in [0, 0.1) is 13.8 Å². The summed E-state index contributed by atoms with van der Waals surface area (Å²) in [5.74, 6) is 0.820. The van der Waals surface area contributed by atoms with Gasteiger partial charge in [0.1, 0.15) is 29.7 Å². The Labute approximate surface area is 170 Å². The van der Waals surface area contributed by atoms with Crippen LogP contribution in [0.15, 0.2) is 42.5 Å². The number of carbonyl (C=O) groups is 2. The highest BCUT2D eigenvalue weighted by Gasteiger charge is 2.49. The van der Waals surface area contributed by atoms with E-state index < -0.39 is 23.6 Å². The van der Waals surface area contributed by atoms with Crippen molar-refractivity contribution in [1.29, 1.82) is 0 Å². The number of nitrogens with one attached hydrogen (secondary N) is 1. The lowest BCUT2D eigenvalue weighted by Gasteiger charge is -2.23. The standard InChI is InChI=1S/C22H26N2O5/c1-14-8-9-19(15(2)10-14)29-13-17(25)12-24-20(26)22(3,23-21(24)27)16-6-5-7-18(11-16)28-4/h5-11,17,25H,12-13H2,1-4H3,(H,23,27)/t17-,22+/m0/s1. The van der Waals surface area contributed by atoms with E-state index in [1.165, 1.54) is 7.11 Å². The molecule has 154 valence electrons. The normalized spacial score (nSPS) is 19.8. The van der Waals surface area contributed by atoms with Crippen LogP contribution < -0.4 is 14.8 Å². The maximum Gasteiger partial charge on any atom is 0.325 e. The quantitative estimate of drug-likeness (QED) is 0.700. The molecule has 1 saturated heterocycles. The predicted octanol–water partition coefficient (Wildman–Crippen LogP) is 2.52. The van der Waals surface area contributed by atoms with Crippen molar-refractivity contribution in [3.8, 4) is 11.5 Å². The zero-order chi connectivity index (χ0) is 21.2. The first-order valence-corrected chi connectivity index (χ1v) is 9.41. The lowest BCUT2D eigenvalue weighted by atomic mass is 9.92. The second-order valence-electron chi connectivity index (χ2n) is 7.44. The molecule has 2 aromatic rings. The van der Waals surface area contributed by atoms with Crippen LogP contribution >= 0.6 is 0 Å². The second-order valence-corrected chi connectivity index (χ2v) is 7.44. The third-order valence-electron chi connectivity index (χ3n) is 5.08. The summed E-state index contributed by atoms with van der Waals surface area (Å²) in [6.45, 7) is 5.36. The first-order valence-electron chi connectivity index (χ1n) is 9.41. The molecule has 7 nitrogen and oxygen atoms in total. The molecule has 3 amide bonds. The van der Waals surface area contributed by atoms with E-state index in [-0.39, 0.29) is 13.2 Å². The fourth-order valence-electron chi connectivity index (χ4n) is 3.40. The van der Waals surface area contributed by atoms with Crippen molar-refractivity contribution in [3.63, 3.8) is 0 Å². The Kier molecular flexibility index (Phi) is 5.79. The van der Waals surface area contributed by atoms with Crippen molar-refractivity contribution in [2.45, 2.75) is 32.4 Å². The smallest absolute Gasteiger partial charge is 0.325 e. The number of aliphatic hydroxyl groups excluding tert-OH is 1. The lowest BCUT2D eigenvalue weighted by Crippen LogP contribution is -2.42. The summed E-state index contributed by atoms with van der Waals surface area (Å²) in [5.41, 5.74) is 1.46. The molecule has 1 heterocycles. The fraction of sp³-hybridized carbons (Fsp3) is 0.364. The van der Waals surface area contributed by atoms with E-state index in [4.69, 9.17) is 9.47 Å². The Morgan fingerprint density at radius 3 is 2.62 bits per heavy atom. The van der Waals surface area contributed by atoms with Crippen LogP contribution in [0.5, 0.6) is 11.5 Å². The molecule has 1 aliphatic heterocycles. The monoisotopic (exact) mass is 398 g/mol. The number of aryl methyl sites for hydroxylation is 2. The Bertz CT molecular complexity index is 929. The number of methoxy groups -OCH3 is 1. The molecule has 1 fully saturated rings. The van der Waals surface area contributed by atoms with Crippen molar-refractivity contribution < 1.29 is 24.2 Å². The Balaban J connectivity index is 1.67. The van der Waals surface area contributed by atoms with E-state index in [1.807, 2.05) is 32.0 Å². The van der Waals surface area contributed by atoms with E-state index in [2.05, 4.69) is 5.32 Å². The van der Waals surface area contributed by atoms with Gasteiger partial charge in [-0.1, -0.05) is 29.8 Å². The van der Waals surface area contributed by atoms with E-state index in [0.717, 1.165) is 16.0 Å². The molecular weight excluding hydrogens is 372 g/mol. The SMILES string of the molecule is COc1cccc([C@@]2(C)NC(=O)N(C[C@H](O)COc3ccc(C)cc3C)C2=O)c1. The average Bonchev–Trinajstić information content (AvgIpc) is 2.91. The van der Waals surface area contributed by atoms with Crippen molar-refractivity contribution >= 4 is 11.9 Å². The number of urea groups is 1. The third-order valence-corrected chi connectivity index (χ3v) is 5.08. The van der Waals surface area contributed by atoms with Crippen LogP contribution in [-0.4, -0.2) is 48.3 Å². The molecule has 3 rings (SSSR count). The van der Waals surface area contributed by atoms with Crippen molar-refractivity contribution in [2.24, 2.45) is 0 Å². The number of carbonyl (C=O) groups excluding carboxylic acids is 2. The van der Waals surface area contributed by atoms with Crippen LogP contribution in [0.2, 0.25) is 0 Å². The van der Waals surface area contributed by atoms with Crippen LogP contribution in [0.3, 0.4) is 0 Å². The fourth-order valence-corrected chi connectivity index (χ4v) is 3.40. The molecule has 0 aliphatic carbocycles. The van der Waals surface area contributed by atoms with Gasteiger partial charge in [0, 0.05) is 0 Å². The number of hydrogen-bond donors (Lipinski definition) is 2. The highest BCUT2D eigenvalue weighted by molar-refractivity contribution is 6.07.